The molecule has 0 spiro atoms. The van der Waals surface area contributed by atoms with Gasteiger partial charge in [0, 0.05) is 25.7 Å². The number of imidazole rings is 2. The van der Waals surface area contributed by atoms with Gasteiger partial charge in [-0.15, -0.1) is 0 Å². The Morgan fingerprint density at radius 2 is 0.700 bits per heavy atom. The van der Waals surface area contributed by atoms with E-state index in [1.807, 2.05) is 0 Å². The number of benzene rings is 4. The summed E-state index contributed by atoms with van der Waals surface area (Å²) in [6.45, 7) is 30.5. The van der Waals surface area contributed by atoms with E-state index in [0.29, 0.717) is 25.7 Å². The van der Waals surface area contributed by atoms with E-state index >= 15 is 0 Å². The van der Waals surface area contributed by atoms with Crippen LogP contribution >= 0.6 is 0 Å². The zero-order chi connectivity index (χ0) is 48.2. The van der Waals surface area contributed by atoms with Crippen molar-refractivity contribution in [3.63, 3.8) is 0 Å². The Hall–Kier alpha value is -5.84. The summed E-state index contributed by atoms with van der Waals surface area (Å²) < 4.78 is 9.16. The van der Waals surface area contributed by atoms with Crippen LogP contribution < -0.4 is 33.9 Å². The van der Waals surface area contributed by atoms with E-state index in [1.165, 1.54) is 66.8 Å². The second-order valence-corrected chi connectivity index (χ2v) is 23.8. The highest BCUT2D eigenvalue weighted by Crippen LogP contribution is 2.30. The molecule has 9 rings (SSSR count). The molecule has 5 heterocycles. The van der Waals surface area contributed by atoms with E-state index in [2.05, 4.69) is 222 Å². The number of hydrogen-bond donors (Lipinski definition) is 2. The van der Waals surface area contributed by atoms with Gasteiger partial charge < -0.3 is 24.8 Å². The van der Waals surface area contributed by atoms with Crippen LogP contribution in [-0.2, 0) is 73.5 Å². The lowest BCUT2D eigenvalue weighted by atomic mass is 9.84. The van der Waals surface area contributed by atoms with Gasteiger partial charge in [0.05, 0.1) is 0 Å². The molecular weight excluding hydrogens is 908 g/mol. The van der Waals surface area contributed by atoms with Gasteiger partial charge >= 0.3 is 0 Å². The number of aromatic amines is 2. The summed E-state index contributed by atoms with van der Waals surface area (Å²) in [5.41, 5.74) is 15.2. The third-order valence-electron chi connectivity index (χ3n) is 13.3. The maximum absolute atomic E-state index is 5.09. The highest BCUT2D eigenvalue weighted by atomic mass is 35.5. The lowest BCUT2D eigenvalue weighted by molar-refractivity contribution is -0.688. The van der Waals surface area contributed by atoms with Gasteiger partial charge in [-0.1, -0.05) is 156 Å². The van der Waals surface area contributed by atoms with Gasteiger partial charge in [0.1, 0.15) is 62.6 Å². The van der Waals surface area contributed by atoms with Crippen LogP contribution in [0.5, 0.6) is 0 Å². The van der Waals surface area contributed by atoms with Crippen molar-refractivity contribution in [3.05, 3.63) is 200 Å². The molecule has 0 saturated heterocycles. The number of aromatic nitrogens is 10. The smallest absolute Gasteiger partial charge is 0.244 e. The molecule has 0 radical (unpaired) electrons. The highest BCUT2D eigenvalue weighted by Gasteiger charge is 2.23. The van der Waals surface area contributed by atoms with Crippen molar-refractivity contribution in [3.8, 4) is 0 Å². The Morgan fingerprint density at radius 1 is 0.400 bits per heavy atom. The van der Waals surface area contributed by atoms with Crippen molar-refractivity contribution in [2.75, 3.05) is 0 Å². The summed E-state index contributed by atoms with van der Waals surface area (Å²) >= 11 is 0. The van der Waals surface area contributed by atoms with Crippen LogP contribution in [0.2, 0.25) is 0 Å². The average Bonchev–Trinajstić information content (AvgIpc) is 4.06. The molecule has 368 valence electrons. The molecule has 10 nitrogen and oxygen atoms in total. The summed E-state index contributed by atoms with van der Waals surface area (Å²) in [6.07, 6.45) is 15.9. The fourth-order valence-electron chi connectivity index (χ4n) is 9.39. The van der Waals surface area contributed by atoms with Crippen molar-refractivity contribution >= 4 is 0 Å². The molecule has 1 aliphatic heterocycles. The van der Waals surface area contributed by atoms with Crippen LogP contribution in [0, 0.1) is 0 Å². The summed E-state index contributed by atoms with van der Waals surface area (Å²) in [5.74, 6) is 3.39. The first kappa shape index (κ1) is 52.0. The number of fused-ring (bicyclic) bond motifs is 16. The summed E-state index contributed by atoms with van der Waals surface area (Å²) in [5, 5.41) is 16.2. The van der Waals surface area contributed by atoms with E-state index in [-0.39, 0.29) is 46.5 Å². The van der Waals surface area contributed by atoms with Gasteiger partial charge in [-0.3, -0.25) is 10.2 Å². The van der Waals surface area contributed by atoms with Crippen molar-refractivity contribution in [1.29, 1.82) is 0 Å². The quantitative estimate of drug-likeness (QED) is 0.223. The maximum atomic E-state index is 5.09. The largest absolute Gasteiger partial charge is 1.00 e. The number of nitrogens with zero attached hydrogens (tertiary/aromatic N) is 8. The molecule has 1 aliphatic rings. The van der Waals surface area contributed by atoms with Gasteiger partial charge in [0.15, 0.2) is 11.6 Å². The zero-order valence-electron chi connectivity index (χ0n) is 43.4. The minimum absolute atomic E-state index is 0. The molecule has 0 aliphatic carbocycles. The lowest BCUT2D eigenvalue weighted by Crippen LogP contribution is -3.00. The second-order valence-electron chi connectivity index (χ2n) is 23.8. The molecule has 0 atom stereocenters. The van der Waals surface area contributed by atoms with Gasteiger partial charge in [-0.2, -0.15) is 10.2 Å². The molecule has 4 aromatic heterocycles. The third-order valence-corrected chi connectivity index (χ3v) is 13.3. The third kappa shape index (κ3) is 12.9. The Labute approximate surface area is 428 Å². The van der Waals surface area contributed by atoms with Crippen LogP contribution in [0.15, 0.2) is 110 Å². The fourth-order valence-corrected chi connectivity index (χ4v) is 9.39. The van der Waals surface area contributed by atoms with E-state index in [9.17, 15) is 0 Å². The standard InChI is InChI=1S/C58H72N10.2ClH/c1-55(2,3)47-21-39-17-43(25-47)33-65-13-14-66(37-65)34-44-19-41(23-49(26-44)57(7,8)9)31-53-60-54(64-63-53)32-42-20-46(28-50(24-42)58(10,11)12)36-68-16-15-67(38-68)35-45-18-40(22-48(27-45)56(4,5)6)30-52-59-51(29-39)61-62-52;;/h13-28,37-38H,29-36H2,1-12H3,(H,59,61,62)(H,60,63,64);2*1H/q+2;;/p-2. The lowest BCUT2D eigenvalue weighted by Gasteiger charge is -2.21. The summed E-state index contributed by atoms with van der Waals surface area (Å²) in [6, 6.07) is 28.2. The second kappa shape index (κ2) is 20.1. The minimum Gasteiger partial charge on any atom is -1.00 e. The molecule has 8 aromatic rings. The van der Waals surface area contributed by atoms with E-state index in [0.717, 1.165) is 49.5 Å². The van der Waals surface area contributed by atoms with Gasteiger partial charge in [0.25, 0.3) is 0 Å². The van der Waals surface area contributed by atoms with Crippen LogP contribution in [0.3, 0.4) is 0 Å². The normalized spacial score (nSPS) is 13.9. The number of halogens is 2. The summed E-state index contributed by atoms with van der Waals surface area (Å²) in [7, 11) is 0. The van der Waals surface area contributed by atoms with Crippen molar-refractivity contribution in [1.82, 2.24) is 39.5 Å². The molecule has 0 fully saturated rings. The van der Waals surface area contributed by atoms with Crippen LogP contribution in [0.25, 0.3) is 0 Å². The van der Waals surface area contributed by atoms with Crippen molar-refractivity contribution < 1.29 is 33.9 Å². The van der Waals surface area contributed by atoms with Gasteiger partial charge in [0.2, 0.25) is 12.7 Å². The molecule has 16 bridgehead atoms. The summed E-state index contributed by atoms with van der Waals surface area (Å²) in [4.78, 5) is 10.2. The Balaban J connectivity index is 0.00000361. The number of nitrogens with one attached hydrogen (secondary N) is 2. The average molecular weight is 980 g/mol. The first-order valence-electron chi connectivity index (χ1n) is 24.5. The predicted molar refractivity (Wildman–Crippen MR) is 270 cm³/mol. The molecule has 4 aromatic carbocycles. The molecular formula is C58H72Cl2N10. The Morgan fingerprint density at radius 3 is 1.04 bits per heavy atom. The Bertz CT molecular complexity index is 2510. The van der Waals surface area contributed by atoms with Crippen LogP contribution in [0.4, 0.5) is 0 Å². The first-order chi connectivity index (χ1) is 32.0. The fraction of sp³-hybridized carbons (Fsp3) is 0.414. The molecule has 0 amide bonds. The van der Waals surface area contributed by atoms with E-state index in [4.69, 9.17) is 20.2 Å². The van der Waals surface area contributed by atoms with Gasteiger partial charge in [-0.25, -0.2) is 28.2 Å². The van der Waals surface area contributed by atoms with Gasteiger partial charge in [-0.05, 0) is 88.4 Å². The number of H-pyrrole nitrogens is 2. The van der Waals surface area contributed by atoms with E-state index in [1.54, 1.807) is 0 Å². The van der Waals surface area contributed by atoms with E-state index < -0.39 is 0 Å². The maximum Gasteiger partial charge on any atom is 0.244 e. The SMILES string of the molecule is CC(C)(C)c1cc2cc(c1)Cn1cc[n+](c1)Cc1cc(cc(C(C)(C)C)c1)Cc1n[nH]c(n1)Cc1cc(cc(C(C)(C)C)c1)C[n+]1ccn(c1)Cc1cc(cc(C(C)(C)C)c1)Cc1nc(n[nH]1)C2.[Cl-].[Cl-]. The minimum atomic E-state index is -0.0118. The molecule has 0 saturated carbocycles. The molecule has 12 heteroatoms. The predicted octanol–water partition coefficient (Wildman–Crippen LogP) is 4.17. The Kier molecular flexibility index (Phi) is 14.9. The number of rotatable bonds is 0. The topological polar surface area (TPSA) is 101 Å². The zero-order valence-corrected chi connectivity index (χ0v) is 44.9. The first-order valence-corrected chi connectivity index (χ1v) is 24.5. The molecule has 70 heavy (non-hydrogen) atoms. The van der Waals surface area contributed by atoms with Crippen molar-refractivity contribution in [2.45, 2.75) is 157 Å². The monoisotopic (exact) mass is 979 g/mol. The molecule has 2 N–H and O–H groups in total. The van der Waals surface area contributed by atoms with Crippen molar-refractivity contribution in [2.24, 2.45) is 0 Å². The van der Waals surface area contributed by atoms with Crippen LogP contribution in [0.1, 0.15) is 173 Å². The van der Waals surface area contributed by atoms with Crippen LogP contribution in [-0.4, -0.2) is 39.5 Å². The number of hydrogen-bond acceptors (Lipinski definition) is 4. The highest BCUT2D eigenvalue weighted by molar-refractivity contribution is 5.39. The molecule has 0 unspecified atom stereocenters.